The van der Waals surface area contributed by atoms with E-state index in [0.717, 1.165) is 18.4 Å². The first kappa shape index (κ1) is 11.9. The van der Waals surface area contributed by atoms with Crippen LogP contribution in [0.25, 0.3) is 0 Å². The third kappa shape index (κ3) is 2.74. The highest BCUT2D eigenvalue weighted by atomic mass is 35.5. The van der Waals surface area contributed by atoms with Crippen LogP contribution in [0, 0.1) is 5.82 Å². The van der Waals surface area contributed by atoms with Crippen LogP contribution in [0.15, 0.2) is 24.3 Å². The van der Waals surface area contributed by atoms with E-state index in [-0.39, 0.29) is 11.4 Å². The van der Waals surface area contributed by atoms with E-state index in [1.54, 1.807) is 12.1 Å². The lowest BCUT2D eigenvalue weighted by Crippen LogP contribution is -2.43. The molecule has 0 amide bonds. The van der Waals surface area contributed by atoms with Gasteiger partial charge in [-0.2, -0.15) is 0 Å². The van der Waals surface area contributed by atoms with Gasteiger partial charge in [-0.1, -0.05) is 25.0 Å². The Hall–Kier alpha value is -0.600. The first-order valence-electron chi connectivity index (χ1n) is 5.80. The van der Waals surface area contributed by atoms with Crippen molar-refractivity contribution in [3.8, 4) is 0 Å². The molecule has 0 radical (unpaired) electrons. The fourth-order valence-electron chi connectivity index (χ4n) is 2.35. The second kappa shape index (κ2) is 5.15. The summed E-state index contributed by atoms with van der Waals surface area (Å²) in [6.45, 7) is 0.699. The van der Waals surface area contributed by atoms with Gasteiger partial charge in [-0.25, -0.2) is 4.39 Å². The van der Waals surface area contributed by atoms with Crippen LogP contribution in [0.2, 0.25) is 0 Å². The van der Waals surface area contributed by atoms with Crippen molar-refractivity contribution < 1.29 is 4.39 Å². The average Bonchev–Trinajstić information content (AvgIpc) is 2.76. The van der Waals surface area contributed by atoms with E-state index in [4.69, 9.17) is 11.6 Å². The number of nitrogens with one attached hydrogen (secondary N) is 1. The van der Waals surface area contributed by atoms with Crippen molar-refractivity contribution in [2.45, 2.75) is 37.8 Å². The van der Waals surface area contributed by atoms with Gasteiger partial charge in [0.25, 0.3) is 0 Å². The van der Waals surface area contributed by atoms with Crippen LogP contribution < -0.4 is 5.32 Å². The average molecular weight is 242 g/mol. The second-order valence-electron chi connectivity index (χ2n) is 4.60. The zero-order valence-corrected chi connectivity index (χ0v) is 10.1. The maximum absolute atomic E-state index is 13.0. The van der Waals surface area contributed by atoms with E-state index in [0.29, 0.717) is 12.4 Å². The molecule has 1 nitrogen and oxygen atoms in total. The van der Waals surface area contributed by atoms with Crippen molar-refractivity contribution in [2.75, 3.05) is 5.88 Å². The first-order chi connectivity index (χ1) is 7.74. The molecule has 0 bridgehead atoms. The molecule has 1 N–H and O–H groups in total. The molecular weight excluding hydrogens is 225 g/mol. The Morgan fingerprint density at radius 3 is 2.69 bits per heavy atom. The number of hydrogen-bond acceptors (Lipinski definition) is 1. The summed E-state index contributed by atoms with van der Waals surface area (Å²) in [5.41, 5.74) is 1.06. The molecule has 1 fully saturated rings. The number of benzene rings is 1. The largest absolute Gasteiger partial charge is 0.306 e. The minimum absolute atomic E-state index is 0.0773. The predicted molar refractivity (Wildman–Crippen MR) is 65.2 cm³/mol. The van der Waals surface area contributed by atoms with Crippen molar-refractivity contribution in [1.29, 1.82) is 0 Å². The monoisotopic (exact) mass is 241 g/mol. The van der Waals surface area contributed by atoms with E-state index in [1.165, 1.54) is 18.9 Å². The number of halogens is 2. The van der Waals surface area contributed by atoms with Gasteiger partial charge in [0.05, 0.1) is 0 Å². The third-order valence-corrected chi connectivity index (χ3v) is 3.88. The Kier molecular flexibility index (Phi) is 3.82. The Bertz CT molecular complexity index is 348. The highest BCUT2D eigenvalue weighted by Gasteiger charge is 2.32. The van der Waals surface area contributed by atoms with E-state index >= 15 is 0 Å². The molecule has 0 unspecified atom stereocenters. The molecule has 1 aliphatic carbocycles. The van der Waals surface area contributed by atoms with Crippen molar-refractivity contribution >= 4 is 11.6 Å². The molecule has 0 atom stereocenters. The van der Waals surface area contributed by atoms with E-state index in [2.05, 4.69) is 5.32 Å². The SMILES string of the molecule is Fc1cccc(CNC2(CCl)CCCC2)c1. The lowest BCUT2D eigenvalue weighted by atomic mass is 10.00. The summed E-state index contributed by atoms with van der Waals surface area (Å²) in [6.07, 6.45) is 4.74. The normalized spacial score (nSPS) is 18.9. The molecule has 0 saturated heterocycles. The molecule has 0 aromatic heterocycles. The van der Waals surface area contributed by atoms with Crippen LogP contribution in [-0.4, -0.2) is 11.4 Å². The maximum atomic E-state index is 13.0. The van der Waals surface area contributed by atoms with Gasteiger partial charge >= 0.3 is 0 Å². The lowest BCUT2D eigenvalue weighted by molar-refractivity contribution is 0.367. The molecule has 88 valence electrons. The standard InChI is InChI=1S/C13H17ClFN/c14-10-13(6-1-2-7-13)16-9-11-4-3-5-12(15)8-11/h3-5,8,16H,1-2,6-7,9-10H2. The third-order valence-electron chi connectivity index (χ3n) is 3.37. The molecule has 2 rings (SSSR count). The van der Waals surface area contributed by atoms with Crippen LogP contribution in [0.3, 0.4) is 0 Å². The topological polar surface area (TPSA) is 12.0 Å². The highest BCUT2D eigenvalue weighted by Crippen LogP contribution is 2.30. The van der Waals surface area contributed by atoms with Gasteiger partial charge in [0.15, 0.2) is 0 Å². The predicted octanol–water partition coefficient (Wildman–Crippen LogP) is 3.47. The van der Waals surface area contributed by atoms with Crippen molar-refractivity contribution in [1.82, 2.24) is 5.32 Å². The van der Waals surface area contributed by atoms with Crippen LogP contribution in [0.1, 0.15) is 31.2 Å². The van der Waals surface area contributed by atoms with Gasteiger partial charge in [-0.15, -0.1) is 11.6 Å². The summed E-state index contributed by atoms with van der Waals surface area (Å²) >= 11 is 6.03. The minimum atomic E-state index is -0.175. The number of hydrogen-bond donors (Lipinski definition) is 1. The summed E-state index contributed by atoms with van der Waals surface area (Å²) in [7, 11) is 0. The van der Waals surface area contributed by atoms with Crippen LogP contribution >= 0.6 is 11.6 Å². The van der Waals surface area contributed by atoms with Crippen molar-refractivity contribution in [3.63, 3.8) is 0 Å². The Morgan fingerprint density at radius 2 is 2.06 bits per heavy atom. The summed E-state index contributed by atoms with van der Waals surface area (Å²) in [5.74, 6) is 0.466. The number of rotatable bonds is 4. The molecule has 0 aliphatic heterocycles. The molecular formula is C13H17ClFN. The molecule has 1 saturated carbocycles. The lowest BCUT2D eigenvalue weighted by Gasteiger charge is -2.28. The van der Waals surface area contributed by atoms with E-state index < -0.39 is 0 Å². The van der Waals surface area contributed by atoms with Crippen molar-refractivity contribution in [2.24, 2.45) is 0 Å². The molecule has 0 spiro atoms. The van der Waals surface area contributed by atoms with Gasteiger partial charge in [0.1, 0.15) is 5.82 Å². The Labute approximate surface area is 101 Å². The van der Waals surface area contributed by atoms with Gasteiger partial charge in [0, 0.05) is 18.0 Å². The minimum Gasteiger partial charge on any atom is -0.306 e. The van der Waals surface area contributed by atoms with Gasteiger partial charge in [-0.05, 0) is 30.5 Å². The summed E-state index contributed by atoms with van der Waals surface area (Å²) < 4.78 is 13.0. The molecule has 1 aliphatic rings. The summed E-state index contributed by atoms with van der Waals surface area (Å²) in [5, 5.41) is 3.49. The Morgan fingerprint density at radius 1 is 1.31 bits per heavy atom. The van der Waals surface area contributed by atoms with Crippen LogP contribution in [0.5, 0.6) is 0 Å². The fourth-order valence-corrected chi connectivity index (χ4v) is 2.71. The zero-order chi connectivity index (χ0) is 11.4. The molecule has 3 heteroatoms. The quantitative estimate of drug-likeness (QED) is 0.796. The first-order valence-corrected chi connectivity index (χ1v) is 6.33. The fraction of sp³-hybridized carbons (Fsp3) is 0.538. The number of alkyl halides is 1. The molecule has 0 heterocycles. The van der Waals surface area contributed by atoms with Gasteiger partial charge in [-0.3, -0.25) is 0 Å². The summed E-state index contributed by atoms with van der Waals surface area (Å²) in [6, 6.07) is 6.72. The summed E-state index contributed by atoms with van der Waals surface area (Å²) in [4.78, 5) is 0. The Balaban J connectivity index is 1.95. The molecule has 16 heavy (non-hydrogen) atoms. The smallest absolute Gasteiger partial charge is 0.123 e. The van der Waals surface area contributed by atoms with Crippen LogP contribution in [0.4, 0.5) is 4.39 Å². The molecule has 1 aromatic rings. The second-order valence-corrected chi connectivity index (χ2v) is 4.87. The van der Waals surface area contributed by atoms with Crippen molar-refractivity contribution in [3.05, 3.63) is 35.6 Å². The van der Waals surface area contributed by atoms with Gasteiger partial charge in [0.2, 0.25) is 0 Å². The highest BCUT2D eigenvalue weighted by molar-refractivity contribution is 6.18. The maximum Gasteiger partial charge on any atom is 0.123 e. The zero-order valence-electron chi connectivity index (χ0n) is 9.31. The van der Waals surface area contributed by atoms with E-state index in [1.807, 2.05) is 6.07 Å². The van der Waals surface area contributed by atoms with Gasteiger partial charge < -0.3 is 5.32 Å². The van der Waals surface area contributed by atoms with E-state index in [9.17, 15) is 4.39 Å². The van der Waals surface area contributed by atoms with Crippen LogP contribution in [-0.2, 0) is 6.54 Å². The molecule has 1 aromatic carbocycles.